The number of hydrogen-bond acceptors (Lipinski definition) is 5. The molecule has 0 bridgehead atoms. The molecule has 1 unspecified atom stereocenters. The summed E-state index contributed by atoms with van der Waals surface area (Å²) in [5.74, 6) is 1.27. The van der Waals surface area contributed by atoms with Gasteiger partial charge in [0.25, 0.3) is 0 Å². The van der Waals surface area contributed by atoms with Crippen LogP contribution in [-0.4, -0.2) is 22.0 Å². The molecular formula is C13H13N3O2S. The Labute approximate surface area is 114 Å². The van der Waals surface area contributed by atoms with Crippen LogP contribution in [0.15, 0.2) is 28.9 Å². The maximum Gasteiger partial charge on any atom is 0.243 e. The van der Waals surface area contributed by atoms with Crippen LogP contribution in [0.2, 0.25) is 0 Å². The summed E-state index contributed by atoms with van der Waals surface area (Å²) in [6, 6.07) is 8.07. The van der Waals surface area contributed by atoms with Crippen LogP contribution in [0.1, 0.15) is 22.1 Å². The van der Waals surface area contributed by atoms with E-state index in [0.29, 0.717) is 11.5 Å². The lowest BCUT2D eigenvalue weighted by Crippen LogP contribution is -2.23. The molecule has 19 heavy (non-hydrogen) atoms. The monoisotopic (exact) mass is 275 g/mol. The second-order valence-corrected chi connectivity index (χ2v) is 5.60. The molecule has 1 aromatic carbocycles. The number of benzene rings is 1. The van der Waals surface area contributed by atoms with Gasteiger partial charge in [-0.2, -0.15) is 0 Å². The van der Waals surface area contributed by atoms with E-state index in [0.717, 1.165) is 17.7 Å². The van der Waals surface area contributed by atoms with Crippen molar-refractivity contribution >= 4 is 23.5 Å². The number of anilines is 1. The highest BCUT2D eigenvalue weighted by molar-refractivity contribution is 8.00. The summed E-state index contributed by atoms with van der Waals surface area (Å²) in [4.78, 5) is 12.3. The number of thioether (sulfide) groups is 1. The molecule has 3 rings (SSSR count). The largest absolute Gasteiger partial charge is 0.305 e. The summed E-state index contributed by atoms with van der Waals surface area (Å²) in [5, 5.41) is 9.91. The predicted octanol–water partition coefficient (Wildman–Crippen LogP) is 2.35. The SMILES string of the molecule is Cc1nonc1NC(=O)C1SCCc2ccccc21. The quantitative estimate of drug-likeness (QED) is 0.911. The third kappa shape index (κ3) is 2.35. The summed E-state index contributed by atoms with van der Waals surface area (Å²) in [6.07, 6.45) is 1.01. The van der Waals surface area contributed by atoms with Gasteiger partial charge in [0, 0.05) is 0 Å². The average molecular weight is 275 g/mol. The third-order valence-corrected chi connectivity index (χ3v) is 4.37. The summed E-state index contributed by atoms with van der Waals surface area (Å²) in [5.41, 5.74) is 2.92. The second-order valence-electron chi connectivity index (χ2n) is 4.39. The first-order chi connectivity index (χ1) is 9.25. The molecule has 0 aliphatic carbocycles. The van der Waals surface area contributed by atoms with Gasteiger partial charge in [-0.1, -0.05) is 29.4 Å². The van der Waals surface area contributed by atoms with Crippen molar-refractivity contribution in [3.63, 3.8) is 0 Å². The number of aromatic nitrogens is 2. The Morgan fingerprint density at radius 2 is 2.26 bits per heavy atom. The third-order valence-electron chi connectivity index (χ3n) is 3.13. The molecule has 2 aromatic rings. The molecule has 1 aromatic heterocycles. The van der Waals surface area contributed by atoms with E-state index < -0.39 is 0 Å². The number of amides is 1. The lowest BCUT2D eigenvalue weighted by Gasteiger charge is -2.23. The molecule has 0 spiro atoms. The van der Waals surface area contributed by atoms with Crippen molar-refractivity contribution in [2.24, 2.45) is 0 Å². The number of rotatable bonds is 2. The Kier molecular flexibility index (Phi) is 3.25. The molecule has 1 N–H and O–H groups in total. The Morgan fingerprint density at radius 3 is 3.05 bits per heavy atom. The van der Waals surface area contributed by atoms with Crippen molar-refractivity contribution < 1.29 is 9.42 Å². The van der Waals surface area contributed by atoms with Crippen LogP contribution in [0.5, 0.6) is 0 Å². The maximum absolute atomic E-state index is 12.3. The van der Waals surface area contributed by atoms with E-state index in [9.17, 15) is 4.79 Å². The van der Waals surface area contributed by atoms with E-state index >= 15 is 0 Å². The van der Waals surface area contributed by atoms with Crippen LogP contribution in [0, 0.1) is 6.92 Å². The summed E-state index contributed by atoms with van der Waals surface area (Å²) < 4.78 is 4.58. The van der Waals surface area contributed by atoms with Crippen LogP contribution in [0.4, 0.5) is 5.82 Å². The number of aryl methyl sites for hydroxylation is 2. The van der Waals surface area contributed by atoms with Gasteiger partial charge in [-0.25, -0.2) is 4.63 Å². The maximum atomic E-state index is 12.3. The highest BCUT2D eigenvalue weighted by Gasteiger charge is 2.27. The smallest absolute Gasteiger partial charge is 0.243 e. The fraction of sp³-hybridized carbons (Fsp3) is 0.308. The Morgan fingerprint density at radius 1 is 1.42 bits per heavy atom. The molecule has 1 aliphatic heterocycles. The molecule has 0 saturated heterocycles. The molecule has 1 amide bonds. The first-order valence-electron chi connectivity index (χ1n) is 6.05. The van der Waals surface area contributed by atoms with Crippen molar-refractivity contribution in [2.75, 3.05) is 11.1 Å². The zero-order chi connectivity index (χ0) is 13.2. The van der Waals surface area contributed by atoms with Gasteiger partial charge in [0.05, 0.1) is 0 Å². The van der Waals surface area contributed by atoms with E-state index in [-0.39, 0.29) is 11.2 Å². The van der Waals surface area contributed by atoms with Crippen LogP contribution in [0.3, 0.4) is 0 Å². The zero-order valence-corrected chi connectivity index (χ0v) is 11.2. The minimum atomic E-state index is -0.193. The molecule has 98 valence electrons. The minimum Gasteiger partial charge on any atom is -0.305 e. The van der Waals surface area contributed by atoms with Gasteiger partial charge in [-0.15, -0.1) is 11.8 Å². The van der Waals surface area contributed by atoms with Crippen molar-refractivity contribution in [3.05, 3.63) is 41.1 Å². The van der Waals surface area contributed by atoms with E-state index in [1.807, 2.05) is 18.2 Å². The lowest BCUT2D eigenvalue weighted by molar-refractivity contribution is -0.115. The number of hydrogen-bond donors (Lipinski definition) is 1. The van der Waals surface area contributed by atoms with E-state index in [4.69, 9.17) is 0 Å². The summed E-state index contributed by atoms with van der Waals surface area (Å²) >= 11 is 1.65. The first-order valence-corrected chi connectivity index (χ1v) is 7.10. The number of carbonyl (C=O) groups is 1. The summed E-state index contributed by atoms with van der Waals surface area (Å²) in [6.45, 7) is 1.74. The highest BCUT2D eigenvalue weighted by Crippen LogP contribution is 2.37. The van der Waals surface area contributed by atoms with Gasteiger partial charge < -0.3 is 5.32 Å². The van der Waals surface area contributed by atoms with Gasteiger partial charge in [-0.05, 0) is 35.4 Å². The fourth-order valence-electron chi connectivity index (χ4n) is 2.14. The Balaban J connectivity index is 1.84. The lowest BCUT2D eigenvalue weighted by atomic mass is 10.0. The average Bonchev–Trinajstić information content (AvgIpc) is 2.83. The molecule has 5 nitrogen and oxygen atoms in total. The number of nitrogens with one attached hydrogen (secondary N) is 1. The standard InChI is InChI=1S/C13H13N3O2S/c1-8-12(16-18-15-8)14-13(17)11-10-5-3-2-4-9(10)6-7-19-11/h2-5,11H,6-7H2,1H3,(H,14,16,17). The molecule has 0 saturated carbocycles. The van der Waals surface area contributed by atoms with E-state index in [1.165, 1.54) is 5.56 Å². The fourth-order valence-corrected chi connectivity index (χ4v) is 3.33. The van der Waals surface area contributed by atoms with Gasteiger partial charge >= 0.3 is 0 Å². The molecule has 1 aliphatic rings. The molecule has 0 radical (unpaired) electrons. The van der Waals surface area contributed by atoms with Crippen molar-refractivity contribution in [1.82, 2.24) is 10.3 Å². The van der Waals surface area contributed by atoms with Crippen LogP contribution >= 0.6 is 11.8 Å². The minimum absolute atomic E-state index is 0.0732. The van der Waals surface area contributed by atoms with Crippen molar-refractivity contribution in [3.8, 4) is 0 Å². The number of carbonyl (C=O) groups excluding carboxylic acids is 1. The Hall–Kier alpha value is -1.82. The van der Waals surface area contributed by atoms with Crippen molar-refractivity contribution in [1.29, 1.82) is 0 Å². The zero-order valence-electron chi connectivity index (χ0n) is 10.4. The number of fused-ring (bicyclic) bond motifs is 1. The molecular weight excluding hydrogens is 262 g/mol. The molecule has 6 heteroatoms. The van der Waals surface area contributed by atoms with Gasteiger partial charge in [0.15, 0.2) is 5.82 Å². The second kappa shape index (κ2) is 5.05. The first kappa shape index (κ1) is 12.2. The summed E-state index contributed by atoms with van der Waals surface area (Å²) in [7, 11) is 0. The van der Waals surface area contributed by atoms with Gasteiger partial charge in [0.2, 0.25) is 5.91 Å². The molecule has 2 heterocycles. The predicted molar refractivity (Wildman–Crippen MR) is 73.0 cm³/mol. The van der Waals surface area contributed by atoms with Crippen LogP contribution in [0.25, 0.3) is 0 Å². The van der Waals surface area contributed by atoms with Crippen LogP contribution in [-0.2, 0) is 11.2 Å². The normalized spacial score (nSPS) is 17.8. The Bertz CT molecular complexity index is 611. The van der Waals surface area contributed by atoms with E-state index in [2.05, 4.69) is 26.3 Å². The van der Waals surface area contributed by atoms with Gasteiger partial charge in [-0.3, -0.25) is 4.79 Å². The highest BCUT2D eigenvalue weighted by atomic mass is 32.2. The number of nitrogens with zero attached hydrogens (tertiary/aromatic N) is 2. The van der Waals surface area contributed by atoms with Crippen LogP contribution < -0.4 is 5.32 Å². The topological polar surface area (TPSA) is 68.0 Å². The van der Waals surface area contributed by atoms with E-state index in [1.54, 1.807) is 18.7 Å². The van der Waals surface area contributed by atoms with Gasteiger partial charge in [0.1, 0.15) is 10.9 Å². The molecule has 1 atom stereocenters. The molecule has 0 fully saturated rings. The van der Waals surface area contributed by atoms with Crippen molar-refractivity contribution in [2.45, 2.75) is 18.6 Å².